The topological polar surface area (TPSA) is 69.2 Å². The second-order valence-electron chi connectivity index (χ2n) is 6.32. The third kappa shape index (κ3) is 4.66. The molecule has 0 aliphatic carbocycles. The van der Waals surface area contributed by atoms with Gasteiger partial charge in [-0.3, -0.25) is 4.79 Å². The Bertz CT molecular complexity index is 1030. The second kappa shape index (κ2) is 9.59. The normalized spacial score (nSPS) is 10.9. The summed E-state index contributed by atoms with van der Waals surface area (Å²) in [5.74, 6) is 1.42. The van der Waals surface area contributed by atoms with E-state index in [1.165, 1.54) is 7.11 Å². The highest BCUT2D eigenvalue weighted by Gasteiger charge is 2.11. The zero-order valence-electron chi connectivity index (χ0n) is 16.8. The highest BCUT2D eigenvalue weighted by Crippen LogP contribution is 2.28. The summed E-state index contributed by atoms with van der Waals surface area (Å²) in [4.78, 5) is 12.5. The maximum atomic E-state index is 12.5. The van der Waals surface area contributed by atoms with Crippen molar-refractivity contribution in [1.29, 1.82) is 0 Å². The molecule has 29 heavy (non-hydrogen) atoms. The molecule has 0 atom stereocenters. The van der Waals surface area contributed by atoms with Gasteiger partial charge < -0.3 is 14.2 Å². The largest absolute Gasteiger partial charge is 0.493 e. The number of hydrazone groups is 1. The lowest BCUT2D eigenvalue weighted by molar-refractivity contribution is 0.0954. The Hall–Kier alpha value is -3.54. The lowest BCUT2D eigenvalue weighted by Gasteiger charge is -2.11. The van der Waals surface area contributed by atoms with Gasteiger partial charge in [-0.05, 0) is 41.5 Å². The van der Waals surface area contributed by atoms with Gasteiger partial charge in [-0.25, -0.2) is 5.43 Å². The molecule has 0 saturated carbocycles. The van der Waals surface area contributed by atoms with E-state index >= 15 is 0 Å². The van der Waals surface area contributed by atoms with Gasteiger partial charge >= 0.3 is 0 Å². The highest BCUT2D eigenvalue weighted by atomic mass is 16.5. The minimum atomic E-state index is -0.349. The van der Waals surface area contributed by atoms with Gasteiger partial charge in [-0.2, -0.15) is 5.10 Å². The molecule has 6 heteroatoms. The maximum absolute atomic E-state index is 12.5. The molecule has 0 unspecified atom stereocenters. The van der Waals surface area contributed by atoms with Crippen molar-refractivity contribution in [2.24, 2.45) is 5.10 Å². The molecule has 150 valence electrons. The molecule has 0 aliphatic heterocycles. The first-order chi connectivity index (χ1) is 14.2. The van der Waals surface area contributed by atoms with Crippen molar-refractivity contribution in [2.45, 2.75) is 13.3 Å². The van der Waals surface area contributed by atoms with Crippen molar-refractivity contribution in [1.82, 2.24) is 5.43 Å². The number of hydrogen-bond acceptors (Lipinski definition) is 5. The number of nitrogens with zero attached hydrogens (tertiary/aromatic N) is 1. The predicted molar refractivity (Wildman–Crippen MR) is 114 cm³/mol. The number of rotatable bonds is 8. The Morgan fingerprint density at radius 3 is 2.52 bits per heavy atom. The summed E-state index contributed by atoms with van der Waals surface area (Å²) in [5, 5.41) is 6.24. The number of benzene rings is 3. The summed E-state index contributed by atoms with van der Waals surface area (Å²) in [6.45, 7) is 2.66. The zero-order chi connectivity index (χ0) is 20.6. The summed E-state index contributed by atoms with van der Waals surface area (Å²) < 4.78 is 16.3. The summed E-state index contributed by atoms with van der Waals surface area (Å²) in [5.41, 5.74) is 3.80. The molecule has 6 nitrogen and oxygen atoms in total. The minimum Gasteiger partial charge on any atom is -0.493 e. The fraction of sp³-hybridized carbons (Fsp3) is 0.217. The summed E-state index contributed by atoms with van der Waals surface area (Å²) in [7, 11) is 3.07. The van der Waals surface area contributed by atoms with Gasteiger partial charge in [0, 0.05) is 11.1 Å². The van der Waals surface area contributed by atoms with Crippen molar-refractivity contribution in [3.63, 3.8) is 0 Å². The van der Waals surface area contributed by atoms with Crippen molar-refractivity contribution < 1.29 is 19.0 Å². The number of carbonyl (C=O) groups is 1. The van der Waals surface area contributed by atoms with E-state index in [9.17, 15) is 4.79 Å². The molecule has 0 spiro atoms. The summed E-state index contributed by atoms with van der Waals surface area (Å²) in [6.07, 6.45) is 2.52. The van der Waals surface area contributed by atoms with E-state index in [0.29, 0.717) is 23.7 Å². The first-order valence-corrected chi connectivity index (χ1v) is 9.38. The monoisotopic (exact) mass is 392 g/mol. The van der Waals surface area contributed by atoms with Crippen molar-refractivity contribution in [3.05, 3.63) is 65.7 Å². The Morgan fingerprint density at radius 2 is 1.76 bits per heavy atom. The molecule has 1 N–H and O–H groups in total. The number of fused-ring (bicyclic) bond motifs is 1. The Kier molecular flexibility index (Phi) is 6.68. The van der Waals surface area contributed by atoms with Crippen molar-refractivity contribution >= 4 is 22.9 Å². The average Bonchev–Trinajstić information content (AvgIpc) is 2.77. The quantitative estimate of drug-likeness (QED) is 0.455. The number of nitrogens with one attached hydrogen (secondary N) is 1. The van der Waals surface area contributed by atoms with Gasteiger partial charge in [0.15, 0.2) is 11.5 Å². The molecule has 3 aromatic rings. The SMILES string of the molecule is CCCOc1ccc2ccccc2c1/C=N\NC(=O)c1ccc(OC)c(OC)c1. The molecule has 0 radical (unpaired) electrons. The Morgan fingerprint density at radius 1 is 1.00 bits per heavy atom. The van der Waals surface area contributed by atoms with E-state index in [2.05, 4.69) is 17.5 Å². The van der Waals surface area contributed by atoms with Crippen LogP contribution in [0.4, 0.5) is 0 Å². The van der Waals surface area contributed by atoms with Crippen molar-refractivity contribution in [2.75, 3.05) is 20.8 Å². The molecule has 0 bridgehead atoms. The van der Waals surface area contributed by atoms with Gasteiger partial charge in [0.25, 0.3) is 5.91 Å². The number of methoxy groups -OCH3 is 2. The molecule has 0 aromatic heterocycles. The van der Waals surface area contributed by atoms with E-state index < -0.39 is 0 Å². The fourth-order valence-electron chi connectivity index (χ4n) is 2.94. The number of hydrogen-bond donors (Lipinski definition) is 1. The van der Waals surface area contributed by atoms with Crippen LogP contribution in [0.25, 0.3) is 10.8 Å². The van der Waals surface area contributed by atoms with Crippen LogP contribution in [0.15, 0.2) is 59.7 Å². The van der Waals surface area contributed by atoms with E-state index in [4.69, 9.17) is 14.2 Å². The smallest absolute Gasteiger partial charge is 0.271 e. The van der Waals surface area contributed by atoms with Gasteiger partial charge in [0.1, 0.15) is 5.75 Å². The lowest BCUT2D eigenvalue weighted by atomic mass is 10.0. The standard InChI is InChI=1S/C23H24N2O4/c1-4-13-29-20-11-9-16-7-5-6-8-18(16)19(20)15-24-25-23(26)17-10-12-21(27-2)22(14-17)28-3/h5-12,14-15H,4,13H2,1-3H3,(H,25,26)/b24-15-. The van der Waals surface area contributed by atoms with Gasteiger partial charge in [-0.15, -0.1) is 0 Å². The average molecular weight is 392 g/mol. The number of carbonyl (C=O) groups excluding carboxylic acids is 1. The fourth-order valence-corrected chi connectivity index (χ4v) is 2.94. The molecule has 3 rings (SSSR count). The third-order valence-corrected chi connectivity index (χ3v) is 4.40. The van der Waals surface area contributed by atoms with Crippen LogP contribution in [-0.2, 0) is 0 Å². The van der Waals surface area contributed by atoms with E-state index in [1.54, 1.807) is 31.5 Å². The maximum Gasteiger partial charge on any atom is 0.271 e. The van der Waals surface area contributed by atoms with E-state index in [1.807, 2.05) is 36.4 Å². The molecule has 0 fully saturated rings. The molecular formula is C23H24N2O4. The summed E-state index contributed by atoms with van der Waals surface area (Å²) >= 11 is 0. The van der Waals surface area contributed by atoms with Crippen LogP contribution in [-0.4, -0.2) is 32.9 Å². The van der Waals surface area contributed by atoms with Gasteiger partial charge in [0.2, 0.25) is 0 Å². The first-order valence-electron chi connectivity index (χ1n) is 9.38. The zero-order valence-corrected chi connectivity index (χ0v) is 16.8. The molecule has 0 saturated heterocycles. The van der Waals surface area contributed by atoms with E-state index in [-0.39, 0.29) is 5.91 Å². The third-order valence-electron chi connectivity index (χ3n) is 4.40. The van der Waals surface area contributed by atoms with Crippen LogP contribution >= 0.6 is 0 Å². The van der Waals surface area contributed by atoms with Crippen LogP contribution in [0.2, 0.25) is 0 Å². The Balaban J connectivity index is 1.84. The van der Waals surface area contributed by atoms with Crippen LogP contribution in [0.5, 0.6) is 17.2 Å². The molecule has 0 aliphatic rings. The lowest BCUT2D eigenvalue weighted by Crippen LogP contribution is -2.17. The van der Waals surface area contributed by atoms with E-state index in [0.717, 1.165) is 28.5 Å². The number of amides is 1. The molecule has 0 heterocycles. The molecule has 3 aromatic carbocycles. The number of ether oxygens (including phenoxy) is 3. The van der Waals surface area contributed by atoms with Crippen LogP contribution in [0.3, 0.4) is 0 Å². The van der Waals surface area contributed by atoms with Crippen LogP contribution < -0.4 is 19.6 Å². The minimum absolute atomic E-state index is 0.349. The van der Waals surface area contributed by atoms with Crippen molar-refractivity contribution in [3.8, 4) is 17.2 Å². The van der Waals surface area contributed by atoms with Crippen LogP contribution in [0, 0.1) is 0 Å². The predicted octanol–water partition coefficient (Wildman–Crippen LogP) is 4.41. The molecule has 1 amide bonds. The Labute approximate surface area is 170 Å². The van der Waals surface area contributed by atoms with Gasteiger partial charge in [-0.1, -0.05) is 37.3 Å². The molecular weight excluding hydrogens is 368 g/mol. The summed E-state index contributed by atoms with van der Waals surface area (Å²) in [6, 6.07) is 16.9. The first kappa shape index (κ1) is 20.2. The van der Waals surface area contributed by atoms with Gasteiger partial charge in [0.05, 0.1) is 27.0 Å². The highest BCUT2D eigenvalue weighted by molar-refractivity contribution is 6.03. The second-order valence-corrected chi connectivity index (χ2v) is 6.32. The van der Waals surface area contributed by atoms with Crippen LogP contribution in [0.1, 0.15) is 29.3 Å².